The van der Waals surface area contributed by atoms with Gasteiger partial charge in [0.2, 0.25) is 0 Å². The van der Waals surface area contributed by atoms with E-state index in [1.807, 2.05) is 12.1 Å². The molecule has 2 aromatic rings. The molecule has 17 heavy (non-hydrogen) atoms. The number of fused-ring (bicyclic) bond motifs is 1. The van der Waals surface area contributed by atoms with Crippen molar-refractivity contribution < 1.29 is 4.74 Å². The normalized spacial score (nSPS) is 24.6. The first-order valence-corrected chi connectivity index (χ1v) is 5.97. The second-order valence-electron chi connectivity index (χ2n) is 4.57. The largest absolute Gasteiger partial charge is 0.380 e. The zero-order valence-corrected chi connectivity index (χ0v) is 10.2. The highest BCUT2D eigenvalue weighted by atomic mass is 16.5. The third kappa shape index (κ3) is 1.73. The van der Waals surface area contributed by atoms with Crippen molar-refractivity contribution in [3.8, 4) is 0 Å². The molecule has 0 spiro atoms. The lowest BCUT2D eigenvalue weighted by atomic mass is 10.2. The zero-order chi connectivity index (χ0) is 11.8. The van der Waals surface area contributed by atoms with Crippen LogP contribution < -0.4 is 5.32 Å². The molecule has 3 rings (SSSR count). The second-order valence-corrected chi connectivity index (χ2v) is 4.57. The Morgan fingerprint density at radius 1 is 1.41 bits per heavy atom. The maximum Gasteiger partial charge on any atom is 0.126 e. The van der Waals surface area contributed by atoms with Gasteiger partial charge < -0.3 is 14.6 Å². The number of ether oxygens (including phenoxy) is 1. The summed E-state index contributed by atoms with van der Waals surface area (Å²) in [7, 11) is 3.84. The van der Waals surface area contributed by atoms with Crippen LogP contribution in [0.1, 0.15) is 18.3 Å². The lowest BCUT2D eigenvalue weighted by Gasteiger charge is -2.10. The quantitative estimate of drug-likeness (QED) is 0.853. The molecule has 1 fully saturated rings. The smallest absolute Gasteiger partial charge is 0.126 e. The van der Waals surface area contributed by atoms with Crippen LogP contribution in [0.25, 0.3) is 11.0 Å². The summed E-state index contributed by atoms with van der Waals surface area (Å²) >= 11 is 0. The SMILES string of the molecule is CO[C@@H]1CN[C@@H](c2nc3ccccc3n2C)C1. The summed E-state index contributed by atoms with van der Waals surface area (Å²) in [6.07, 6.45) is 1.30. The summed E-state index contributed by atoms with van der Waals surface area (Å²) in [6.45, 7) is 0.907. The van der Waals surface area contributed by atoms with Gasteiger partial charge in [-0.2, -0.15) is 0 Å². The second kappa shape index (κ2) is 4.13. The number of para-hydroxylation sites is 2. The van der Waals surface area contributed by atoms with E-state index in [9.17, 15) is 0 Å². The maximum absolute atomic E-state index is 5.38. The molecule has 2 atom stereocenters. The highest BCUT2D eigenvalue weighted by Crippen LogP contribution is 2.26. The molecule has 1 N–H and O–H groups in total. The van der Waals surface area contributed by atoms with E-state index >= 15 is 0 Å². The van der Waals surface area contributed by atoms with E-state index in [1.54, 1.807) is 7.11 Å². The molecule has 1 saturated heterocycles. The average Bonchev–Trinajstić information content (AvgIpc) is 2.95. The monoisotopic (exact) mass is 231 g/mol. The Morgan fingerprint density at radius 3 is 2.94 bits per heavy atom. The van der Waals surface area contributed by atoms with Crippen molar-refractivity contribution in [2.45, 2.75) is 18.6 Å². The Kier molecular flexibility index (Phi) is 2.61. The first-order chi connectivity index (χ1) is 8.29. The van der Waals surface area contributed by atoms with E-state index in [-0.39, 0.29) is 0 Å². The third-order valence-electron chi connectivity index (χ3n) is 3.56. The fourth-order valence-corrected chi connectivity index (χ4v) is 2.56. The number of nitrogens with zero attached hydrogens (tertiary/aromatic N) is 2. The molecule has 0 radical (unpaired) electrons. The highest BCUT2D eigenvalue weighted by Gasteiger charge is 2.28. The van der Waals surface area contributed by atoms with Gasteiger partial charge in [-0.05, 0) is 18.6 Å². The minimum atomic E-state index is 0.303. The number of hydrogen-bond acceptors (Lipinski definition) is 3. The van der Waals surface area contributed by atoms with E-state index in [0.717, 1.165) is 24.3 Å². The lowest BCUT2D eigenvalue weighted by Crippen LogP contribution is -2.18. The highest BCUT2D eigenvalue weighted by molar-refractivity contribution is 5.75. The van der Waals surface area contributed by atoms with Gasteiger partial charge >= 0.3 is 0 Å². The first kappa shape index (κ1) is 10.7. The molecule has 1 aromatic heterocycles. The molecule has 0 bridgehead atoms. The molecule has 2 heterocycles. The molecular weight excluding hydrogens is 214 g/mol. The van der Waals surface area contributed by atoms with Crippen LogP contribution in [0.15, 0.2) is 24.3 Å². The van der Waals surface area contributed by atoms with Crippen LogP contribution in [0.5, 0.6) is 0 Å². The van der Waals surface area contributed by atoms with Crippen molar-refractivity contribution in [3.05, 3.63) is 30.1 Å². The van der Waals surface area contributed by atoms with Crippen LogP contribution in [0.4, 0.5) is 0 Å². The van der Waals surface area contributed by atoms with Gasteiger partial charge in [0.1, 0.15) is 5.82 Å². The van der Waals surface area contributed by atoms with Crippen LogP contribution in [-0.2, 0) is 11.8 Å². The number of hydrogen-bond donors (Lipinski definition) is 1. The standard InChI is InChI=1S/C13H17N3O/c1-16-12-6-4-3-5-10(12)15-13(16)11-7-9(17-2)8-14-11/h3-6,9,11,14H,7-8H2,1-2H3/t9-,11+/m0/s1. The molecule has 1 aliphatic rings. The molecule has 1 aromatic carbocycles. The Morgan fingerprint density at radius 2 is 2.24 bits per heavy atom. The minimum absolute atomic E-state index is 0.303. The fraction of sp³-hybridized carbons (Fsp3) is 0.462. The Balaban J connectivity index is 1.98. The predicted molar refractivity (Wildman–Crippen MR) is 66.9 cm³/mol. The number of rotatable bonds is 2. The van der Waals surface area contributed by atoms with Crippen molar-refractivity contribution in [3.63, 3.8) is 0 Å². The van der Waals surface area contributed by atoms with Crippen LogP contribution in [0, 0.1) is 0 Å². The van der Waals surface area contributed by atoms with Crippen molar-refractivity contribution in [1.82, 2.24) is 14.9 Å². The van der Waals surface area contributed by atoms with E-state index in [2.05, 4.69) is 29.1 Å². The maximum atomic E-state index is 5.38. The number of nitrogens with one attached hydrogen (secondary N) is 1. The topological polar surface area (TPSA) is 39.1 Å². The number of imidazole rings is 1. The average molecular weight is 231 g/mol. The van der Waals surface area contributed by atoms with Crippen LogP contribution >= 0.6 is 0 Å². The molecule has 1 aliphatic heterocycles. The molecule has 4 heteroatoms. The third-order valence-corrected chi connectivity index (χ3v) is 3.56. The zero-order valence-electron chi connectivity index (χ0n) is 10.2. The summed E-state index contributed by atoms with van der Waals surface area (Å²) in [5.41, 5.74) is 2.25. The van der Waals surface area contributed by atoms with Gasteiger partial charge in [-0.3, -0.25) is 0 Å². The van der Waals surface area contributed by atoms with Gasteiger partial charge in [0, 0.05) is 20.7 Å². The Hall–Kier alpha value is -1.39. The summed E-state index contributed by atoms with van der Waals surface area (Å²) in [4.78, 5) is 4.71. The van der Waals surface area contributed by atoms with Crippen molar-refractivity contribution in [2.24, 2.45) is 7.05 Å². The number of methoxy groups -OCH3 is 1. The lowest BCUT2D eigenvalue weighted by molar-refractivity contribution is 0.117. The first-order valence-electron chi connectivity index (χ1n) is 5.97. The summed E-state index contributed by atoms with van der Waals surface area (Å²) in [5.74, 6) is 1.10. The van der Waals surface area contributed by atoms with Gasteiger partial charge in [0.05, 0.1) is 23.2 Å². The van der Waals surface area contributed by atoms with Crippen LogP contribution in [0.3, 0.4) is 0 Å². The van der Waals surface area contributed by atoms with E-state index < -0.39 is 0 Å². The van der Waals surface area contributed by atoms with E-state index in [0.29, 0.717) is 12.1 Å². The van der Waals surface area contributed by atoms with Crippen molar-refractivity contribution in [2.75, 3.05) is 13.7 Å². The predicted octanol–water partition coefficient (Wildman–Crippen LogP) is 1.62. The van der Waals surface area contributed by atoms with Crippen LogP contribution in [-0.4, -0.2) is 29.3 Å². The minimum Gasteiger partial charge on any atom is -0.380 e. The molecule has 0 saturated carbocycles. The molecule has 0 amide bonds. The molecule has 0 aliphatic carbocycles. The summed E-state index contributed by atoms with van der Waals surface area (Å²) in [6, 6.07) is 8.54. The number of aromatic nitrogens is 2. The van der Waals surface area contributed by atoms with E-state index in [1.165, 1.54) is 5.52 Å². The summed E-state index contributed by atoms with van der Waals surface area (Å²) in [5, 5.41) is 3.47. The Labute approximate surface area is 101 Å². The van der Waals surface area contributed by atoms with Crippen LogP contribution in [0.2, 0.25) is 0 Å². The number of benzene rings is 1. The van der Waals surface area contributed by atoms with E-state index in [4.69, 9.17) is 9.72 Å². The Bertz CT molecular complexity index is 534. The van der Waals surface area contributed by atoms with Gasteiger partial charge in [0.15, 0.2) is 0 Å². The molecular formula is C13H17N3O. The molecule has 4 nitrogen and oxygen atoms in total. The van der Waals surface area contributed by atoms with Gasteiger partial charge in [-0.1, -0.05) is 12.1 Å². The molecule has 0 unspecified atom stereocenters. The number of aryl methyl sites for hydroxylation is 1. The van der Waals surface area contributed by atoms with Crippen molar-refractivity contribution in [1.29, 1.82) is 0 Å². The van der Waals surface area contributed by atoms with Gasteiger partial charge in [0.25, 0.3) is 0 Å². The van der Waals surface area contributed by atoms with Gasteiger partial charge in [-0.25, -0.2) is 4.98 Å². The van der Waals surface area contributed by atoms with Crippen molar-refractivity contribution >= 4 is 11.0 Å². The van der Waals surface area contributed by atoms with Gasteiger partial charge in [-0.15, -0.1) is 0 Å². The fourth-order valence-electron chi connectivity index (χ4n) is 2.56. The summed E-state index contributed by atoms with van der Waals surface area (Å²) < 4.78 is 7.55. The molecule has 90 valence electrons.